The van der Waals surface area contributed by atoms with Crippen molar-refractivity contribution in [2.75, 3.05) is 0 Å². The lowest BCUT2D eigenvalue weighted by Gasteiger charge is -2.08. The normalized spacial score (nSPS) is 18.0. The molecule has 0 aliphatic carbocycles. The Labute approximate surface area is 113 Å². The summed E-state index contributed by atoms with van der Waals surface area (Å²) in [5, 5.41) is 4.23. The molecule has 0 saturated carbocycles. The van der Waals surface area contributed by atoms with Crippen LogP contribution in [-0.2, 0) is 4.84 Å². The summed E-state index contributed by atoms with van der Waals surface area (Å²) in [5.74, 6) is 0. The predicted octanol–water partition coefficient (Wildman–Crippen LogP) is 4.17. The fraction of sp³-hybridized carbons (Fsp3) is 0.235. The number of hydrogen-bond donors (Lipinski definition) is 0. The second-order valence-electron chi connectivity index (χ2n) is 5.11. The van der Waals surface area contributed by atoms with Crippen LogP contribution in [0.3, 0.4) is 0 Å². The number of oxime groups is 1. The third-order valence-corrected chi connectivity index (χ3v) is 3.50. The van der Waals surface area contributed by atoms with Crippen molar-refractivity contribution in [2.45, 2.75) is 26.4 Å². The predicted molar refractivity (Wildman–Crippen MR) is 77.3 cm³/mol. The molecule has 0 fully saturated rings. The highest BCUT2D eigenvalue weighted by Gasteiger charge is 2.23. The highest BCUT2D eigenvalue weighted by molar-refractivity contribution is 6.01. The molecule has 1 atom stereocenters. The molecule has 0 N–H and O–H groups in total. The first-order chi connectivity index (χ1) is 9.22. The van der Waals surface area contributed by atoms with Crippen LogP contribution in [-0.4, -0.2) is 5.71 Å². The Balaban J connectivity index is 1.76. The first-order valence-corrected chi connectivity index (χ1v) is 6.59. The molecular weight excluding hydrogens is 234 g/mol. The maximum Gasteiger partial charge on any atom is 0.158 e. The van der Waals surface area contributed by atoms with E-state index in [0.717, 1.165) is 17.7 Å². The minimum Gasteiger partial charge on any atom is -0.387 e. The zero-order valence-electron chi connectivity index (χ0n) is 11.3. The molecule has 0 amide bonds. The van der Waals surface area contributed by atoms with Crippen molar-refractivity contribution in [3.05, 3.63) is 70.8 Å². The maximum absolute atomic E-state index is 5.56. The van der Waals surface area contributed by atoms with Gasteiger partial charge in [0.05, 0.1) is 5.71 Å². The average molecular weight is 251 g/mol. The molecule has 2 aromatic carbocycles. The van der Waals surface area contributed by atoms with Gasteiger partial charge in [-0.05, 0) is 25.0 Å². The Morgan fingerprint density at radius 3 is 2.11 bits per heavy atom. The molecule has 0 aromatic heterocycles. The Hall–Kier alpha value is -2.09. The van der Waals surface area contributed by atoms with Crippen molar-refractivity contribution in [3.8, 4) is 0 Å². The van der Waals surface area contributed by atoms with Crippen LogP contribution < -0.4 is 0 Å². The van der Waals surface area contributed by atoms with Crippen molar-refractivity contribution in [1.82, 2.24) is 0 Å². The van der Waals surface area contributed by atoms with Crippen LogP contribution in [0.4, 0.5) is 0 Å². The third-order valence-electron chi connectivity index (χ3n) is 3.50. The fourth-order valence-corrected chi connectivity index (χ4v) is 2.25. The molecule has 3 rings (SSSR count). The van der Waals surface area contributed by atoms with Crippen LogP contribution >= 0.6 is 0 Å². The molecule has 0 radical (unpaired) electrons. The van der Waals surface area contributed by atoms with E-state index in [1.54, 1.807) is 0 Å². The van der Waals surface area contributed by atoms with Gasteiger partial charge in [0.15, 0.2) is 6.10 Å². The number of hydrogen-bond acceptors (Lipinski definition) is 2. The van der Waals surface area contributed by atoms with Gasteiger partial charge in [0.1, 0.15) is 0 Å². The van der Waals surface area contributed by atoms with E-state index in [1.165, 1.54) is 16.7 Å². The fourth-order valence-electron chi connectivity index (χ4n) is 2.25. The van der Waals surface area contributed by atoms with Gasteiger partial charge in [-0.3, -0.25) is 0 Å². The molecule has 1 heterocycles. The number of rotatable bonds is 2. The molecular formula is C17H17NO. The monoisotopic (exact) mass is 251 g/mol. The van der Waals surface area contributed by atoms with Crippen LogP contribution in [0.15, 0.2) is 53.7 Å². The van der Waals surface area contributed by atoms with E-state index in [9.17, 15) is 0 Å². The zero-order chi connectivity index (χ0) is 13.2. The molecule has 2 heteroatoms. The van der Waals surface area contributed by atoms with Crippen LogP contribution in [0.25, 0.3) is 0 Å². The molecule has 1 aliphatic heterocycles. The van der Waals surface area contributed by atoms with Gasteiger partial charge < -0.3 is 4.84 Å². The third kappa shape index (κ3) is 2.53. The quantitative estimate of drug-likeness (QED) is 0.785. The summed E-state index contributed by atoms with van der Waals surface area (Å²) >= 11 is 0. The summed E-state index contributed by atoms with van der Waals surface area (Å²) in [5.41, 5.74) is 5.90. The van der Waals surface area contributed by atoms with E-state index in [2.05, 4.69) is 67.5 Å². The Kier molecular flexibility index (Phi) is 3.08. The second-order valence-corrected chi connectivity index (χ2v) is 5.11. The van der Waals surface area contributed by atoms with Crippen molar-refractivity contribution >= 4 is 5.71 Å². The highest BCUT2D eigenvalue weighted by Crippen LogP contribution is 2.29. The van der Waals surface area contributed by atoms with E-state index in [-0.39, 0.29) is 6.10 Å². The average Bonchev–Trinajstić information content (AvgIpc) is 2.90. The van der Waals surface area contributed by atoms with Gasteiger partial charge in [-0.2, -0.15) is 0 Å². The Bertz CT molecular complexity index is 596. The van der Waals surface area contributed by atoms with Gasteiger partial charge in [0, 0.05) is 6.42 Å². The largest absolute Gasteiger partial charge is 0.387 e. The standard InChI is InChI=1S/C17H17NO/c1-12-3-7-14(8-4-12)16-11-17(19-18-16)15-9-5-13(2)6-10-15/h3-10,17H,11H2,1-2H3/t17-/m1/s1. The lowest BCUT2D eigenvalue weighted by atomic mass is 9.99. The minimum absolute atomic E-state index is 0.0527. The topological polar surface area (TPSA) is 21.6 Å². The second kappa shape index (κ2) is 4.88. The Morgan fingerprint density at radius 1 is 0.895 bits per heavy atom. The molecule has 19 heavy (non-hydrogen) atoms. The van der Waals surface area contributed by atoms with E-state index in [0.29, 0.717) is 0 Å². The first-order valence-electron chi connectivity index (χ1n) is 6.59. The molecule has 96 valence electrons. The van der Waals surface area contributed by atoms with Crippen molar-refractivity contribution in [2.24, 2.45) is 5.16 Å². The maximum atomic E-state index is 5.56. The van der Waals surface area contributed by atoms with Gasteiger partial charge in [-0.25, -0.2) is 0 Å². The van der Waals surface area contributed by atoms with Crippen LogP contribution in [0.5, 0.6) is 0 Å². The van der Waals surface area contributed by atoms with Crippen LogP contribution in [0.2, 0.25) is 0 Å². The van der Waals surface area contributed by atoms with Crippen molar-refractivity contribution < 1.29 is 4.84 Å². The smallest absolute Gasteiger partial charge is 0.158 e. The number of nitrogens with zero attached hydrogens (tertiary/aromatic N) is 1. The highest BCUT2D eigenvalue weighted by atomic mass is 16.6. The van der Waals surface area contributed by atoms with Gasteiger partial charge >= 0.3 is 0 Å². The van der Waals surface area contributed by atoms with Crippen LogP contribution in [0, 0.1) is 13.8 Å². The van der Waals surface area contributed by atoms with Gasteiger partial charge in [0.2, 0.25) is 0 Å². The summed E-state index contributed by atoms with van der Waals surface area (Å²) in [4.78, 5) is 5.56. The molecule has 0 unspecified atom stereocenters. The molecule has 0 saturated heterocycles. The molecule has 0 spiro atoms. The first kappa shape index (κ1) is 12.0. The van der Waals surface area contributed by atoms with E-state index in [4.69, 9.17) is 4.84 Å². The van der Waals surface area contributed by atoms with Crippen molar-refractivity contribution in [1.29, 1.82) is 0 Å². The number of benzene rings is 2. The summed E-state index contributed by atoms with van der Waals surface area (Å²) in [6, 6.07) is 16.9. The lowest BCUT2D eigenvalue weighted by Crippen LogP contribution is -2.01. The lowest BCUT2D eigenvalue weighted by molar-refractivity contribution is 0.0857. The van der Waals surface area contributed by atoms with Crippen LogP contribution in [0.1, 0.15) is 34.8 Å². The summed E-state index contributed by atoms with van der Waals surface area (Å²) in [7, 11) is 0. The summed E-state index contributed by atoms with van der Waals surface area (Å²) < 4.78 is 0. The molecule has 2 aromatic rings. The molecule has 1 aliphatic rings. The number of aryl methyl sites for hydroxylation is 2. The van der Waals surface area contributed by atoms with Gasteiger partial charge in [-0.15, -0.1) is 0 Å². The van der Waals surface area contributed by atoms with E-state index < -0.39 is 0 Å². The minimum atomic E-state index is 0.0527. The summed E-state index contributed by atoms with van der Waals surface area (Å²) in [6.07, 6.45) is 0.892. The SMILES string of the molecule is Cc1ccc(C2=NO[C@@H](c3ccc(C)cc3)C2)cc1. The van der Waals surface area contributed by atoms with Gasteiger partial charge in [-0.1, -0.05) is 64.8 Å². The van der Waals surface area contributed by atoms with E-state index in [1.807, 2.05) is 0 Å². The zero-order valence-corrected chi connectivity index (χ0v) is 11.3. The Morgan fingerprint density at radius 2 is 1.47 bits per heavy atom. The molecule has 0 bridgehead atoms. The van der Waals surface area contributed by atoms with Crippen molar-refractivity contribution in [3.63, 3.8) is 0 Å². The summed E-state index contributed by atoms with van der Waals surface area (Å²) in [6.45, 7) is 4.18. The van der Waals surface area contributed by atoms with Gasteiger partial charge in [0.25, 0.3) is 0 Å². The van der Waals surface area contributed by atoms with E-state index >= 15 is 0 Å². The molecule has 2 nitrogen and oxygen atoms in total.